The zero-order chi connectivity index (χ0) is 27.7. The van der Waals surface area contributed by atoms with Crippen molar-refractivity contribution in [3.8, 4) is 11.5 Å². The minimum Gasteiger partial charge on any atom is -0.497 e. The molecule has 2 aliphatic heterocycles. The summed E-state index contributed by atoms with van der Waals surface area (Å²) in [6.07, 6.45) is -0.648. The third-order valence-corrected chi connectivity index (χ3v) is 7.52. The maximum atomic E-state index is 13.4. The van der Waals surface area contributed by atoms with Gasteiger partial charge in [-0.05, 0) is 56.7 Å². The molecule has 0 aliphatic carbocycles. The summed E-state index contributed by atoms with van der Waals surface area (Å²) in [4.78, 5) is 39.6. The summed E-state index contributed by atoms with van der Waals surface area (Å²) in [6.45, 7) is 5.75. The Morgan fingerprint density at radius 2 is 1.74 bits per heavy atom. The average Bonchev–Trinajstić information content (AvgIpc) is 2.92. The molecule has 204 valence electrons. The number of carbonyl (C=O) groups is 2. The molecule has 3 heterocycles. The minimum atomic E-state index is -0.648. The van der Waals surface area contributed by atoms with E-state index in [0.717, 1.165) is 10.9 Å². The number of rotatable bonds is 8. The molecular weight excluding hydrogens is 522 g/mol. The quantitative estimate of drug-likeness (QED) is 0.231. The van der Waals surface area contributed by atoms with Gasteiger partial charge in [0.15, 0.2) is 6.10 Å². The fourth-order valence-corrected chi connectivity index (χ4v) is 5.64. The van der Waals surface area contributed by atoms with Gasteiger partial charge in [-0.25, -0.2) is 9.59 Å². The summed E-state index contributed by atoms with van der Waals surface area (Å²) in [5.74, 6) is 0.716. The van der Waals surface area contributed by atoms with Gasteiger partial charge in [-0.15, -0.1) is 11.8 Å². The highest BCUT2D eigenvalue weighted by Gasteiger charge is 2.55. The van der Waals surface area contributed by atoms with E-state index in [-0.39, 0.29) is 30.2 Å². The lowest BCUT2D eigenvalue weighted by Gasteiger charge is -2.50. The fraction of sp³-hybridized carbons (Fsp3) is 0.345. The molecular formula is C29H29NO8S. The third-order valence-electron chi connectivity index (χ3n) is 6.21. The molecule has 5 rings (SSSR count). The number of hydrogen-bond donors (Lipinski definition) is 0. The highest BCUT2D eigenvalue weighted by molar-refractivity contribution is 8.00. The molecule has 2 aromatic carbocycles. The van der Waals surface area contributed by atoms with Gasteiger partial charge in [0.2, 0.25) is 0 Å². The SMILES string of the molecule is COc1ccc(COC(=O)C2=C(COc3ccc4ccc(=O)oc4c3)CS[C@H]3[C@@H](OC(C)(C)C)C(=O)N23)cc1. The molecule has 1 amide bonds. The molecule has 1 saturated heterocycles. The van der Waals surface area contributed by atoms with Gasteiger partial charge in [-0.1, -0.05) is 12.1 Å². The lowest BCUT2D eigenvalue weighted by Crippen LogP contribution is -2.67. The molecule has 0 unspecified atom stereocenters. The summed E-state index contributed by atoms with van der Waals surface area (Å²) in [6, 6.07) is 15.4. The van der Waals surface area contributed by atoms with Crippen LogP contribution in [0.5, 0.6) is 11.5 Å². The van der Waals surface area contributed by atoms with Gasteiger partial charge in [0.1, 0.15) is 41.4 Å². The summed E-state index contributed by atoms with van der Waals surface area (Å²) >= 11 is 1.51. The Kier molecular flexibility index (Phi) is 7.42. The summed E-state index contributed by atoms with van der Waals surface area (Å²) < 4.78 is 28.0. The van der Waals surface area contributed by atoms with Crippen LogP contribution in [0.3, 0.4) is 0 Å². The number of thioether (sulfide) groups is 1. The van der Waals surface area contributed by atoms with E-state index >= 15 is 0 Å². The predicted octanol–water partition coefficient (Wildman–Crippen LogP) is 4.28. The van der Waals surface area contributed by atoms with Gasteiger partial charge in [-0.3, -0.25) is 9.69 Å². The van der Waals surface area contributed by atoms with Crippen LogP contribution in [0.25, 0.3) is 11.0 Å². The summed E-state index contributed by atoms with van der Waals surface area (Å²) in [7, 11) is 1.58. The second kappa shape index (κ2) is 10.8. The number of amides is 1. The lowest BCUT2D eigenvalue weighted by molar-refractivity contribution is -0.178. The zero-order valence-electron chi connectivity index (χ0n) is 22.1. The molecule has 0 N–H and O–H groups in total. The van der Waals surface area contributed by atoms with E-state index in [9.17, 15) is 14.4 Å². The van der Waals surface area contributed by atoms with Crippen molar-refractivity contribution in [2.45, 2.75) is 44.5 Å². The molecule has 3 aromatic rings. The summed E-state index contributed by atoms with van der Waals surface area (Å²) in [5, 5.41) is 0.426. The molecule has 1 fully saturated rings. The molecule has 0 spiro atoms. The Hall–Kier alpha value is -3.76. The van der Waals surface area contributed by atoms with Crippen molar-refractivity contribution < 1.29 is 33.0 Å². The van der Waals surface area contributed by atoms with Gasteiger partial charge in [0.05, 0.1) is 12.7 Å². The van der Waals surface area contributed by atoms with Crippen LogP contribution >= 0.6 is 11.8 Å². The van der Waals surface area contributed by atoms with Crippen molar-refractivity contribution in [2.75, 3.05) is 19.5 Å². The molecule has 0 radical (unpaired) electrons. The van der Waals surface area contributed by atoms with Crippen LogP contribution in [0.15, 0.2) is 75.1 Å². The van der Waals surface area contributed by atoms with E-state index in [1.165, 1.54) is 22.7 Å². The van der Waals surface area contributed by atoms with E-state index in [0.29, 0.717) is 28.4 Å². The molecule has 39 heavy (non-hydrogen) atoms. The molecule has 1 aromatic heterocycles. The Bertz CT molecular complexity index is 1490. The van der Waals surface area contributed by atoms with E-state index in [2.05, 4.69) is 0 Å². The molecule has 9 nitrogen and oxygen atoms in total. The highest BCUT2D eigenvalue weighted by atomic mass is 32.2. The molecule has 0 saturated carbocycles. The monoisotopic (exact) mass is 551 g/mol. The number of fused-ring (bicyclic) bond motifs is 2. The maximum Gasteiger partial charge on any atom is 0.355 e. The lowest BCUT2D eigenvalue weighted by atomic mass is 10.0. The van der Waals surface area contributed by atoms with Gasteiger partial charge in [-0.2, -0.15) is 0 Å². The van der Waals surface area contributed by atoms with E-state index in [4.69, 9.17) is 23.4 Å². The third kappa shape index (κ3) is 5.81. The van der Waals surface area contributed by atoms with Crippen molar-refractivity contribution in [1.29, 1.82) is 0 Å². The number of β-lactam (4-membered cyclic amide) rings is 1. The van der Waals surface area contributed by atoms with Gasteiger partial charge < -0.3 is 23.4 Å². The number of methoxy groups -OCH3 is 1. The molecule has 10 heteroatoms. The second-order valence-electron chi connectivity index (χ2n) is 10.2. The smallest absolute Gasteiger partial charge is 0.355 e. The highest BCUT2D eigenvalue weighted by Crippen LogP contribution is 2.43. The van der Waals surface area contributed by atoms with E-state index in [1.807, 2.05) is 32.9 Å². The minimum absolute atomic E-state index is 0.0337. The molecule has 2 aliphatic rings. The van der Waals surface area contributed by atoms with Gasteiger partial charge in [0, 0.05) is 28.8 Å². The number of ether oxygens (including phenoxy) is 4. The Labute approximate surface area is 229 Å². The normalized spacial score (nSPS) is 19.0. The Balaban J connectivity index is 1.38. The zero-order valence-corrected chi connectivity index (χ0v) is 22.9. The van der Waals surface area contributed by atoms with Gasteiger partial charge >= 0.3 is 11.6 Å². The van der Waals surface area contributed by atoms with Crippen LogP contribution in [0, 0.1) is 0 Å². The van der Waals surface area contributed by atoms with E-state index in [1.54, 1.807) is 43.5 Å². The maximum absolute atomic E-state index is 13.4. The second-order valence-corrected chi connectivity index (χ2v) is 11.3. The van der Waals surface area contributed by atoms with Crippen LogP contribution < -0.4 is 15.1 Å². The number of esters is 1. The molecule has 0 bridgehead atoms. The van der Waals surface area contributed by atoms with Crippen molar-refractivity contribution in [1.82, 2.24) is 4.90 Å². The first-order valence-corrected chi connectivity index (χ1v) is 13.5. The van der Waals surface area contributed by atoms with Crippen LogP contribution in [0.2, 0.25) is 0 Å². The van der Waals surface area contributed by atoms with Crippen molar-refractivity contribution in [3.63, 3.8) is 0 Å². The Morgan fingerprint density at radius 3 is 2.46 bits per heavy atom. The number of nitrogens with zero attached hydrogens (tertiary/aromatic N) is 1. The topological polar surface area (TPSA) is 105 Å². The predicted molar refractivity (Wildman–Crippen MR) is 146 cm³/mol. The summed E-state index contributed by atoms with van der Waals surface area (Å²) in [5.41, 5.74) is 1.01. The first-order valence-electron chi connectivity index (χ1n) is 12.4. The van der Waals surface area contributed by atoms with Crippen LogP contribution in [-0.2, 0) is 25.7 Å². The van der Waals surface area contributed by atoms with Gasteiger partial charge in [0.25, 0.3) is 5.91 Å². The van der Waals surface area contributed by atoms with Crippen LogP contribution in [0.1, 0.15) is 26.3 Å². The molecule has 2 atom stereocenters. The van der Waals surface area contributed by atoms with Crippen LogP contribution in [-0.4, -0.2) is 53.3 Å². The van der Waals surface area contributed by atoms with Crippen LogP contribution in [0.4, 0.5) is 0 Å². The first-order chi connectivity index (χ1) is 18.6. The van der Waals surface area contributed by atoms with E-state index < -0.39 is 23.3 Å². The average molecular weight is 552 g/mol. The van der Waals surface area contributed by atoms with Crippen molar-refractivity contribution in [2.24, 2.45) is 0 Å². The number of benzene rings is 2. The first kappa shape index (κ1) is 26.8. The largest absolute Gasteiger partial charge is 0.497 e. The standard InChI is InChI=1S/C29H29NO8S/c1-29(2,3)38-25-26(32)30-24(28(33)36-14-17-5-9-20(34-4)10-6-17)19(16-39-27(25)30)15-35-21-11-7-18-8-12-23(31)37-22(18)13-21/h5-13,25,27H,14-16H2,1-4H3/t25-,27-/m0/s1. The fourth-order valence-electron chi connectivity index (χ4n) is 4.34. The van der Waals surface area contributed by atoms with Crippen molar-refractivity contribution >= 4 is 34.6 Å². The van der Waals surface area contributed by atoms with Crippen molar-refractivity contribution in [3.05, 3.63) is 81.9 Å². The Morgan fingerprint density at radius 1 is 1.03 bits per heavy atom. The number of carbonyl (C=O) groups excluding carboxylic acids is 2. The number of hydrogen-bond acceptors (Lipinski definition) is 9.